The molecule has 6 nitrogen and oxygen atoms in total. The number of hydrogen-bond acceptors (Lipinski definition) is 4. The van der Waals surface area contributed by atoms with Crippen molar-refractivity contribution in [3.05, 3.63) is 54.4 Å². The Labute approximate surface area is 141 Å². The van der Waals surface area contributed by atoms with Crippen LogP contribution in [0.4, 0.5) is 5.69 Å². The van der Waals surface area contributed by atoms with Gasteiger partial charge < -0.3 is 10.6 Å². The lowest BCUT2D eigenvalue weighted by Gasteiger charge is -2.11. The first-order chi connectivity index (χ1) is 11.0. The standard InChI is InChI=1S/C15H18N4O2S2/c1-2-18-23(20,21)14-5-3-13(4-6-14)19-15(22)17-11-12-7-9-16-10-8-12/h3-10,18H,2,11H2,1H3,(H2,17,19,22). The second-order valence-electron chi connectivity index (χ2n) is 4.69. The second-order valence-corrected chi connectivity index (χ2v) is 6.86. The number of anilines is 1. The number of hydrogen-bond donors (Lipinski definition) is 3. The van der Waals surface area contributed by atoms with Gasteiger partial charge in [-0.15, -0.1) is 0 Å². The largest absolute Gasteiger partial charge is 0.358 e. The maximum atomic E-state index is 11.9. The molecule has 0 aliphatic rings. The molecule has 0 bridgehead atoms. The minimum absolute atomic E-state index is 0.223. The van der Waals surface area contributed by atoms with Crippen LogP contribution in [0.5, 0.6) is 0 Å². The number of nitrogens with zero attached hydrogens (tertiary/aromatic N) is 1. The molecule has 0 spiro atoms. The summed E-state index contributed by atoms with van der Waals surface area (Å²) in [5.41, 5.74) is 1.78. The molecule has 0 fully saturated rings. The molecule has 2 aromatic rings. The van der Waals surface area contributed by atoms with Crippen LogP contribution in [0.1, 0.15) is 12.5 Å². The fourth-order valence-corrected chi connectivity index (χ4v) is 3.08. The monoisotopic (exact) mass is 350 g/mol. The van der Waals surface area contributed by atoms with Crippen molar-refractivity contribution in [2.45, 2.75) is 18.4 Å². The van der Waals surface area contributed by atoms with Crippen LogP contribution in [0.2, 0.25) is 0 Å². The molecule has 0 unspecified atom stereocenters. The summed E-state index contributed by atoms with van der Waals surface area (Å²) in [7, 11) is -3.43. The van der Waals surface area contributed by atoms with Crippen molar-refractivity contribution in [3.8, 4) is 0 Å². The van der Waals surface area contributed by atoms with E-state index in [9.17, 15) is 8.42 Å². The highest BCUT2D eigenvalue weighted by molar-refractivity contribution is 7.89. The number of thiocarbonyl (C=S) groups is 1. The summed E-state index contributed by atoms with van der Waals surface area (Å²) in [5.74, 6) is 0. The zero-order chi connectivity index (χ0) is 16.7. The number of rotatable bonds is 6. The number of benzene rings is 1. The quantitative estimate of drug-likeness (QED) is 0.690. The van der Waals surface area contributed by atoms with Gasteiger partial charge in [0.25, 0.3) is 0 Å². The molecule has 1 aromatic carbocycles. The van der Waals surface area contributed by atoms with Crippen LogP contribution in [-0.2, 0) is 16.6 Å². The lowest BCUT2D eigenvalue weighted by molar-refractivity contribution is 0.584. The fourth-order valence-electron chi connectivity index (χ4n) is 1.85. The van der Waals surface area contributed by atoms with E-state index in [2.05, 4.69) is 20.3 Å². The van der Waals surface area contributed by atoms with Crippen LogP contribution in [0.25, 0.3) is 0 Å². The van der Waals surface area contributed by atoms with E-state index in [1.165, 1.54) is 12.1 Å². The molecule has 1 aromatic heterocycles. The Bertz CT molecular complexity index is 747. The molecule has 3 N–H and O–H groups in total. The van der Waals surface area contributed by atoms with Gasteiger partial charge >= 0.3 is 0 Å². The highest BCUT2D eigenvalue weighted by Crippen LogP contribution is 2.13. The van der Waals surface area contributed by atoms with E-state index in [4.69, 9.17) is 12.2 Å². The lowest BCUT2D eigenvalue weighted by atomic mass is 10.3. The van der Waals surface area contributed by atoms with Gasteiger partial charge in [0, 0.05) is 31.2 Å². The molecular formula is C15H18N4O2S2. The molecule has 23 heavy (non-hydrogen) atoms. The first-order valence-corrected chi connectivity index (χ1v) is 8.94. The minimum atomic E-state index is -3.43. The van der Waals surface area contributed by atoms with Crippen molar-refractivity contribution < 1.29 is 8.42 Å². The lowest BCUT2D eigenvalue weighted by Crippen LogP contribution is -2.28. The molecular weight excluding hydrogens is 332 g/mol. The van der Waals surface area contributed by atoms with E-state index in [1.54, 1.807) is 31.5 Å². The van der Waals surface area contributed by atoms with Crippen LogP contribution in [0.15, 0.2) is 53.7 Å². The van der Waals surface area contributed by atoms with Crippen molar-refractivity contribution in [1.29, 1.82) is 0 Å². The van der Waals surface area contributed by atoms with Gasteiger partial charge in [-0.05, 0) is 54.2 Å². The Hall–Kier alpha value is -2.03. The molecule has 0 amide bonds. The first-order valence-electron chi connectivity index (χ1n) is 7.05. The Morgan fingerprint density at radius 2 is 1.78 bits per heavy atom. The van der Waals surface area contributed by atoms with Crippen molar-refractivity contribution in [2.24, 2.45) is 0 Å². The van der Waals surface area contributed by atoms with E-state index < -0.39 is 10.0 Å². The van der Waals surface area contributed by atoms with Crippen LogP contribution in [0, 0.1) is 0 Å². The Morgan fingerprint density at radius 1 is 1.13 bits per heavy atom. The van der Waals surface area contributed by atoms with E-state index in [-0.39, 0.29) is 4.90 Å². The smallest absolute Gasteiger partial charge is 0.240 e. The van der Waals surface area contributed by atoms with Gasteiger partial charge in [-0.1, -0.05) is 6.92 Å². The summed E-state index contributed by atoms with van der Waals surface area (Å²) in [5, 5.41) is 6.55. The number of pyridine rings is 1. The van der Waals surface area contributed by atoms with Crippen LogP contribution in [0.3, 0.4) is 0 Å². The Kier molecular flexibility index (Phi) is 6.03. The third-order valence-electron chi connectivity index (χ3n) is 2.96. The molecule has 122 valence electrons. The van der Waals surface area contributed by atoms with Gasteiger partial charge in [-0.2, -0.15) is 0 Å². The molecule has 0 saturated heterocycles. The summed E-state index contributed by atoms with van der Waals surface area (Å²) in [6, 6.07) is 10.2. The average Bonchev–Trinajstić information content (AvgIpc) is 2.54. The minimum Gasteiger partial charge on any atom is -0.358 e. The van der Waals surface area contributed by atoms with Gasteiger partial charge in [0.2, 0.25) is 10.0 Å². The van der Waals surface area contributed by atoms with E-state index in [0.29, 0.717) is 23.9 Å². The molecule has 0 saturated carbocycles. The number of aromatic nitrogens is 1. The van der Waals surface area contributed by atoms with Crippen molar-refractivity contribution in [2.75, 3.05) is 11.9 Å². The van der Waals surface area contributed by atoms with Crippen molar-refractivity contribution in [3.63, 3.8) is 0 Å². The summed E-state index contributed by atoms with van der Waals surface area (Å²) < 4.78 is 26.1. The predicted octanol–water partition coefficient (Wildman–Crippen LogP) is 1.87. The fraction of sp³-hybridized carbons (Fsp3) is 0.200. The Balaban J connectivity index is 1.92. The third-order valence-corrected chi connectivity index (χ3v) is 4.77. The summed E-state index contributed by atoms with van der Waals surface area (Å²) in [4.78, 5) is 4.17. The number of sulfonamides is 1. The van der Waals surface area contributed by atoms with Crippen LogP contribution >= 0.6 is 12.2 Å². The van der Waals surface area contributed by atoms with Crippen molar-refractivity contribution >= 4 is 33.0 Å². The van der Waals surface area contributed by atoms with E-state index in [0.717, 1.165) is 5.56 Å². The first kappa shape index (κ1) is 17.3. The zero-order valence-electron chi connectivity index (χ0n) is 12.6. The molecule has 2 rings (SSSR count). The topological polar surface area (TPSA) is 83.1 Å². The van der Waals surface area contributed by atoms with Gasteiger partial charge in [-0.3, -0.25) is 4.98 Å². The predicted molar refractivity (Wildman–Crippen MR) is 94.6 cm³/mol. The summed E-state index contributed by atoms with van der Waals surface area (Å²) in [6.45, 7) is 2.67. The molecule has 0 aliphatic heterocycles. The average molecular weight is 350 g/mol. The maximum absolute atomic E-state index is 11.9. The highest BCUT2D eigenvalue weighted by Gasteiger charge is 2.11. The maximum Gasteiger partial charge on any atom is 0.240 e. The van der Waals surface area contributed by atoms with Gasteiger partial charge in [0.1, 0.15) is 0 Å². The van der Waals surface area contributed by atoms with Crippen molar-refractivity contribution in [1.82, 2.24) is 15.0 Å². The van der Waals surface area contributed by atoms with Gasteiger partial charge in [0.05, 0.1) is 4.90 Å². The summed E-state index contributed by atoms with van der Waals surface area (Å²) >= 11 is 5.21. The second kappa shape index (κ2) is 8.00. The molecule has 0 radical (unpaired) electrons. The molecule has 0 aliphatic carbocycles. The zero-order valence-corrected chi connectivity index (χ0v) is 14.2. The van der Waals surface area contributed by atoms with E-state index in [1.807, 2.05) is 12.1 Å². The van der Waals surface area contributed by atoms with Crippen LogP contribution in [-0.4, -0.2) is 25.1 Å². The van der Waals surface area contributed by atoms with Gasteiger partial charge in [0.15, 0.2) is 5.11 Å². The molecule has 0 atom stereocenters. The molecule has 1 heterocycles. The van der Waals surface area contributed by atoms with E-state index >= 15 is 0 Å². The number of nitrogens with one attached hydrogen (secondary N) is 3. The normalized spacial score (nSPS) is 11.0. The highest BCUT2D eigenvalue weighted by atomic mass is 32.2. The molecule has 8 heteroatoms. The Morgan fingerprint density at radius 3 is 2.39 bits per heavy atom. The van der Waals surface area contributed by atoms with Crippen LogP contribution < -0.4 is 15.4 Å². The van der Waals surface area contributed by atoms with Gasteiger partial charge in [-0.25, -0.2) is 13.1 Å². The SMILES string of the molecule is CCNS(=O)(=O)c1ccc(NC(=S)NCc2ccncc2)cc1. The third kappa shape index (κ3) is 5.27. The summed E-state index contributed by atoms with van der Waals surface area (Å²) in [6.07, 6.45) is 3.44.